The van der Waals surface area contributed by atoms with E-state index in [-0.39, 0.29) is 16.7 Å². The Morgan fingerprint density at radius 2 is 1.76 bits per heavy atom. The van der Waals surface area contributed by atoms with E-state index in [2.05, 4.69) is 22.3 Å². The summed E-state index contributed by atoms with van der Waals surface area (Å²) in [6.07, 6.45) is 1.51. The summed E-state index contributed by atoms with van der Waals surface area (Å²) in [4.78, 5) is 15.5. The summed E-state index contributed by atoms with van der Waals surface area (Å²) in [5.41, 5.74) is 1.65. The molecule has 2 aliphatic heterocycles. The largest absolute Gasteiger partial charge is 0.495 e. The second kappa shape index (κ2) is 10.6. The third-order valence-corrected chi connectivity index (χ3v) is 8.14. The number of amides is 1. The zero-order valence-electron chi connectivity index (χ0n) is 18.9. The van der Waals surface area contributed by atoms with Gasteiger partial charge in [0.15, 0.2) is 0 Å². The van der Waals surface area contributed by atoms with Crippen LogP contribution in [-0.2, 0) is 26.1 Å². The van der Waals surface area contributed by atoms with Crippen molar-refractivity contribution in [2.75, 3.05) is 51.8 Å². The molecule has 0 atom stereocenters. The predicted molar refractivity (Wildman–Crippen MR) is 126 cm³/mol. The number of hydrogen-bond acceptors (Lipinski definition) is 6. The summed E-state index contributed by atoms with van der Waals surface area (Å²) in [5.74, 6) is 0.209. The summed E-state index contributed by atoms with van der Waals surface area (Å²) in [6, 6.07) is 14.9. The molecule has 0 bridgehead atoms. The molecule has 2 aromatic rings. The summed E-state index contributed by atoms with van der Waals surface area (Å²) >= 11 is 0. The van der Waals surface area contributed by atoms with Crippen LogP contribution in [0.2, 0.25) is 0 Å². The molecule has 0 aromatic heterocycles. The molecule has 2 saturated heterocycles. The number of methoxy groups -OCH3 is 1. The molecule has 0 unspecified atom stereocenters. The fourth-order valence-electron chi connectivity index (χ4n) is 4.31. The van der Waals surface area contributed by atoms with Gasteiger partial charge in [0, 0.05) is 25.6 Å². The van der Waals surface area contributed by atoms with Crippen LogP contribution in [0.5, 0.6) is 5.75 Å². The standard InChI is InChI=1S/C24H31N3O5S/c1-31-23-8-7-21(33(29,30)27-13-15-32-16-14-27)17-22(23)25-24(28)20-9-11-26(12-10-20)18-19-5-3-2-4-6-19/h2-8,17,20H,9-16,18H2,1H3,(H,25,28). The molecule has 2 aromatic carbocycles. The van der Waals surface area contributed by atoms with Crippen LogP contribution in [-0.4, -0.2) is 70.0 Å². The highest BCUT2D eigenvalue weighted by Gasteiger charge is 2.29. The first kappa shape index (κ1) is 23.7. The van der Waals surface area contributed by atoms with Gasteiger partial charge < -0.3 is 14.8 Å². The predicted octanol–water partition coefficient (Wildman–Crippen LogP) is 2.57. The highest BCUT2D eigenvalue weighted by molar-refractivity contribution is 7.89. The normalized spacial score (nSPS) is 18.7. The molecule has 2 aliphatic rings. The van der Waals surface area contributed by atoms with Crippen molar-refractivity contribution >= 4 is 21.6 Å². The van der Waals surface area contributed by atoms with Crippen molar-refractivity contribution in [3.05, 3.63) is 54.1 Å². The van der Waals surface area contributed by atoms with Gasteiger partial charge in [-0.25, -0.2) is 8.42 Å². The smallest absolute Gasteiger partial charge is 0.243 e. The summed E-state index contributed by atoms with van der Waals surface area (Å²) in [6.45, 7) is 3.95. The number of ether oxygens (including phenoxy) is 2. The van der Waals surface area contributed by atoms with E-state index < -0.39 is 10.0 Å². The second-order valence-corrected chi connectivity index (χ2v) is 10.3. The van der Waals surface area contributed by atoms with Crippen LogP contribution in [0, 0.1) is 5.92 Å². The first-order chi connectivity index (χ1) is 16.0. The van der Waals surface area contributed by atoms with Gasteiger partial charge >= 0.3 is 0 Å². The van der Waals surface area contributed by atoms with E-state index in [9.17, 15) is 13.2 Å². The van der Waals surface area contributed by atoms with Gasteiger partial charge in [-0.2, -0.15) is 4.31 Å². The van der Waals surface area contributed by atoms with Gasteiger partial charge in [-0.3, -0.25) is 9.69 Å². The fourth-order valence-corrected chi connectivity index (χ4v) is 5.75. The lowest BCUT2D eigenvalue weighted by Gasteiger charge is -2.31. The van der Waals surface area contributed by atoms with Gasteiger partial charge in [-0.1, -0.05) is 30.3 Å². The first-order valence-electron chi connectivity index (χ1n) is 11.3. The molecule has 178 valence electrons. The minimum atomic E-state index is -3.67. The van der Waals surface area contributed by atoms with Crippen LogP contribution in [0.1, 0.15) is 18.4 Å². The van der Waals surface area contributed by atoms with E-state index in [4.69, 9.17) is 9.47 Å². The Labute approximate surface area is 195 Å². The maximum absolute atomic E-state index is 13.0. The molecule has 0 saturated carbocycles. The molecule has 1 N–H and O–H groups in total. The molecule has 2 fully saturated rings. The molecule has 4 rings (SSSR count). The maximum Gasteiger partial charge on any atom is 0.243 e. The topological polar surface area (TPSA) is 88.2 Å². The van der Waals surface area contributed by atoms with Gasteiger partial charge in [0.05, 0.1) is 30.9 Å². The van der Waals surface area contributed by atoms with Crippen molar-refractivity contribution in [2.24, 2.45) is 5.92 Å². The van der Waals surface area contributed by atoms with Gasteiger partial charge in [0.25, 0.3) is 0 Å². The quantitative estimate of drug-likeness (QED) is 0.665. The Morgan fingerprint density at radius 3 is 2.42 bits per heavy atom. The molecule has 0 aliphatic carbocycles. The van der Waals surface area contributed by atoms with E-state index in [1.807, 2.05) is 18.2 Å². The zero-order chi connectivity index (χ0) is 23.3. The van der Waals surface area contributed by atoms with E-state index in [0.29, 0.717) is 37.7 Å². The Kier molecular flexibility index (Phi) is 7.64. The lowest BCUT2D eigenvalue weighted by molar-refractivity contribution is -0.121. The number of carbonyl (C=O) groups excluding carboxylic acids is 1. The molecule has 9 heteroatoms. The highest BCUT2D eigenvalue weighted by atomic mass is 32.2. The number of hydrogen-bond donors (Lipinski definition) is 1. The lowest BCUT2D eigenvalue weighted by atomic mass is 9.95. The van der Waals surface area contributed by atoms with Crippen molar-refractivity contribution in [1.82, 2.24) is 9.21 Å². The summed E-state index contributed by atoms with van der Waals surface area (Å²) in [5, 5.41) is 2.92. The Bertz CT molecular complexity index is 1050. The minimum absolute atomic E-state index is 0.103. The number of anilines is 1. The Hall–Kier alpha value is -2.46. The third kappa shape index (κ3) is 5.73. The second-order valence-electron chi connectivity index (χ2n) is 8.40. The van der Waals surface area contributed by atoms with Gasteiger partial charge in [0.1, 0.15) is 5.75 Å². The van der Waals surface area contributed by atoms with Gasteiger partial charge in [0.2, 0.25) is 15.9 Å². The van der Waals surface area contributed by atoms with Crippen molar-refractivity contribution in [2.45, 2.75) is 24.3 Å². The molecule has 8 nitrogen and oxygen atoms in total. The maximum atomic E-state index is 13.0. The molecule has 0 radical (unpaired) electrons. The van der Waals surface area contributed by atoms with E-state index in [1.165, 1.54) is 29.1 Å². The van der Waals surface area contributed by atoms with Crippen molar-refractivity contribution in [1.29, 1.82) is 0 Å². The average molecular weight is 474 g/mol. The molecule has 1 amide bonds. The first-order valence-corrected chi connectivity index (χ1v) is 12.7. The Balaban J connectivity index is 1.40. The molecular weight excluding hydrogens is 442 g/mol. The van der Waals surface area contributed by atoms with E-state index >= 15 is 0 Å². The average Bonchev–Trinajstić information content (AvgIpc) is 2.85. The van der Waals surface area contributed by atoms with Crippen LogP contribution in [0.25, 0.3) is 0 Å². The number of carbonyl (C=O) groups is 1. The van der Waals surface area contributed by atoms with Crippen LogP contribution in [0.15, 0.2) is 53.4 Å². The van der Waals surface area contributed by atoms with Gasteiger partial charge in [-0.05, 0) is 49.7 Å². The number of morpholine rings is 1. The van der Waals surface area contributed by atoms with E-state index in [0.717, 1.165) is 32.5 Å². The summed E-state index contributed by atoms with van der Waals surface area (Å²) in [7, 11) is -2.16. The number of sulfonamides is 1. The monoisotopic (exact) mass is 473 g/mol. The summed E-state index contributed by atoms with van der Waals surface area (Å²) < 4.78 is 38.1. The number of benzene rings is 2. The molecule has 33 heavy (non-hydrogen) atoms. The van der Waals surface area contributed by atoms with E-state index in [1.54, 1.807) is 6.07 Å². The number of nitrogens with one attached hydrogen (secondary N) is 1. The molecule has 0 spiro atoms. The third-order valence-electron chi connectivity index (χ3n) is 6.24. The van der Waals surface area contributed by atoms with Crippen LogP contribution in [0.4, 0.5) is 5.69 Å². The highest BCUT2D eigenvalue weighted by Crippen LogP contribution is 2.30. The van der Waals surface area contributed by atoms with Gasteiger partial charge in [-0.15, -0.1) is 0 Å². The molecule has 2 heterocycles. The fraction of sp³-hybridized carbons (Fsp3) is 0.458. The zero-order valence-corrected chi connectivity index (χ0v) is 19.7. The number of likely N-dealkylation sites (tertiary alicyclic amines) is 1. The van der Waals surface area contributed by atoms with Crippen molar-refractivity contribution in [3.63, 3.8) is 0 Å². The number of nitrogens with zero attached hydrogens (tertiary/aromatic N) is 2. The van der Waals surface area contributed by atoms with Crippen molar-refractivity contribution in [3.8, 4) is 5.75 Å². The number of piperidine rings is 1. The Morgan fingerprint density at radius 1 is 1.06 bits per heavy atom. The van der Waals surface area contributed by atoms with Crippen molar-refractivity contribution < 1.29 is 22.7 Å². The van der Waals surface area contributed by atoms with Crippen LogP contribution >= 0.6 is 0 Å². The molecular formula is C24H31N3O5S. The SMILES string of the molecule is COc1ccc(S(=O)(=O)N2CCOCC2)cc1NC(=O)C1CCN(Cc2ccccc2)CC1. The van der Waals surface area contributed by atoms with Crippen LogP contribution in [0.3, 0.4) is 0 Å². The number of rotatable bonds is 7. The lowest BCUT2D eigenvalue weighted by Crippen LogP contribution is -2.40. The van der Waals surface area contributed by atoms with Crippen LogP contribution < -0.4 is 10.1 Å². The minimum Gasteiger partial charge on any atom is -0.495 e.